The molecule has 1 heterocycles. The van der Waals surface area contributed by atoms with Crippen LogP contribution in [0.1, 0.15) is 50.1 Å². The molecule has 1 unspecified atom stereocenters. The Bertz CT molecular complexity index is 484. The molecule has 0 spiro atoms. The molecule has 1 atom stereocenters. The summed E-state index contributed by atoms with van der Waals surface area (Å²) in [5, 5.41) is 3.39. The molecule has 3 rings (SSSR count). The van der Waals surface area contributed by atoms with Gasteiger partial charge in [-0.3, -0.25) is 0 Å². The Balaban J connectivity index is 0.00000161. The maximum atomic E-state index is 6.08. The lowest BCUT2D eigenvalue weighted by Crippen LogP contribution is -2.40. The van der Waals surface area contributed by atoms with Crippen molar-refractivity contribution in [3.8, 4) is 5.75 Å². The van der Waals surface area contributed by atoms with E-state index in [1.165, 1.54) is 38.5 Å². The van der Waals surface area contributed by atoms with E-state index in [1.807, 2.05) is 18.2 Å². The summed E-state index contributed by atoms with van der Waals surface area (Å²) in [4.78, 5) is 4.60. The third-order valence-corrected chi connectivity index (χ3v) is 4.18. The first-order valence-electron chi connectivity index (χ1n) is 7.64. The molecule has 3 N–H and O–H groups in total. The lowest BCUT2D eigenvalue weighted by atomic mass is 10.1. The fourth-order valence-electron chi connectivity index (χ4n) is 3.09. The summed E-state index contributed by atoms with van der Waals surface area (Å²) in [5.74, 6) is 1.49. The quantitative estimate of drug-likeness (QED) is 0.346. The molecule has 5 heteroatoms. The third-order valence-electron chi connectivity index (χ3n) is 4.18. The summed E-state index contributed by atoms with van der Waals surface area (Å²) >= 11 is 0. The van der Waals surface area contributed by atoms with E-state index in [0.29, 0.717) is 18.6 Å². The van der Waals surface area contributed by atoms with Gasteiger partial charge in [0.05, 0.1) is 0 Å². The summed E-state index contributed by atoms with van der Waals surface area (Å²) in [7, 11) is 0. The smallest absolute Gasteiger partial charge is 0.189 e. The maximum Gasteiger partial charge on any atom is 0.189 e. The Kier molecular flexibility index (Phi) is 6.14. The van der Waals surface area contributed by atoms with Crippen LogP contribution in [-0.2, 0) is 0 Å². The monoisotopic (exact) mass is 401 g/mol. The predicted molar refractivity (Wildman–Crippen MR) is 96.3 cm³/mol. The van der Waals surface area contributed by atoms with E-state index in [9.17, 15) is 0 Å². The minimum Gasteiger partial charge on any atom is -0.491 e. The Hall–Kier alpha value is -0.980. The second kappa shape index (κ2) is 7.87. The highest BCUT2D eigenvalue weighted by Gasteiger charge is 2.23. The highest BCUT2D eigenvalue weighted by Crippen LogP contribution is 2.34. The summed E-state index contributed by atoms with van der Waals surface area (Å²) < 4.78 is 5.63. The number of nitrogens with one attached hydrogen (secondary N) is 1. The van der Waals surface area contributed by atoms with E-state index in [0.717, 1.165) is 11.3 Å². The molecule has 1 aliphatic carbocycles. The van der Waals surface area contributed by atoms with E-state index < -0.39 is 0 Å². The van der Waals surface area contributed by atoms with Crippen LogP contribution in [0, 0.1) is 0 Å². The number of para-hydroxylation sites is 1. The second-order valence-corrected chi connectivity index (χ2v) is 5.71. The molecule has 1 aromatic rings. The van der Waals surface area contributed by atoms with Gasteiger partial charge in [-0.2, -0.15) is 0 Å². The molecule has 0 amide bonds. The zero-order valence-electron chi connectivity index (χ0n) is 12.3. The van der Waals surface area contributed by atoms with Crippen LogP contribution >= 0.6 is 24.0 Å². The van der Waals surface area contributed by atoms with E-state index >= 15 is 0 Å². The van der Waals surface area contributed by atoms with Crippen LogP contribution in [0.15, 0.2) is 29.3 Å². The van der Waals surface area contributed by atoms with Crippen molar-refractivity contribution < 1.29 is 4.74 Å². The van der Waals surface area contributed by atoms with Crippen LogP contribution < -0.4 is 15.8 Å². The zero-order chi connectivity index (χ0) is 13.8. The Morgan fingerprint density at radius 2 is 1.86 bits per heavy atom. The number of benzene rings is 1. The number of nitrogens with zero attached hydrogens (tertiary/aromatic N) is 1. The summed E-state index contributed by atoms with van der Waals surface area (Å²) in [6.45, 7) is 0.590. The van der Waals surface area contributed by atoms with Gasteiger partial charge in [0.15, 0.2) is 5.96 Å². The molecule has 2 aliphatic rings. The second-order valence-electron chi connectivity index (χ2n) is 5.71. The number of guanidine groups is 1. The molecular formula is C16H24IN3O. The average molecular weight is 401 g/mol. The lowest BCUT2D eigenvalue weighted by molar-refractivity contribution is 0.333. The molecule has 4 nitrogen and oxygen atoms in total. The van der Waals surface area contributed by atoms with Gasteiger partial charge in [-0.1, -0.05) is 43.9 Å². The minimum atomic E-state index is 0. The van der Waals surface area contributed by atoms with Gasteiger partial charge in [0.25, 0.3) is 0 Å². The normalized spacial score (nSPS) is 22.7. The van der Waals surface area contributed by atoms with Gasteiger partial charge in [0.2, 0.25) is 0 Å². The molecule has 1 fully saturated rings. The highest BCUT2D eigenvalue weighted by atomic mass is 127. The van der Waals surface area contributed by atoms with Crippen LogP contribution in [0.2, 0.25) is 0 Å². The predicted octanol–water partition coefficient (Wildman–Crippen LogP) is 3.37. The fourth-order valence-corrected chi connectivity index (χ4v) is 3.09. The van der Waals surface area contributed by atoms with E-state index in [-0.39, 0.29) is 30.0 Å². The van der Waals surface area contributed by atoms with Crippen molar-refractivity contribution in [1.29, 1.82) is 0 Å². The number of aliphatic imine (C=N–C) groups is 1. The molecule has 116 valence electrons. The van der Waals surface area contributed by atoms with Crippen molar-refractivity contribution in [2.24, 2.45) is 10.7 Å². The first kappa shape index (κ1) is 16.4. The first-order valence-corrected chi connectivity index (χ1v) is 7.64. The van der Waals surface area contributed by atoms with Crippen molar-refractivity contribution in [2.75, 3.05) is 6.61 Å². The van der Waals surface area contributed by atoms with Crippen molar-refractivity contribution in [1.82, 2.24) is 5.32 Å². The summed E-state index contributed by atoms with van der Waals surface area (Å²) in [6, 6.07) is 8.57. The van der Waals surface area contributed by atoms with Gasteiger partial charge in [-0.15, -0.1) is 24.0 Å². The van der Waals surface area contributed by atoms with E-state index in [2.05, 4.69) is 16.4 Å². The Morgan fingerprint density at radius 3 is 2.62 bits per heavy atom. The summed E-state index contributed by atoms with van der Waals surface area (Å²) in [5.41, 5.74) is 7.21. The van der Waals surface area contributed by atoms with Crippen LogP contribution in [0.25, 0.3) is 0 Å². The number of hydrogen-bond donors (Lipinski definition) is 2. The molecule has 0 bridgehead atoms. The molecule has 1 aromatic carbocycles. The maximum absolute atomic E-state index is 6.08. The molecule has 0 radical (unpaired) electrons. The third kappa shape index (κ3) is 4.25. The van der Waals surface area contributed by atoms with Gasteiger partial charge in [0.1, 0.15) is 18.4 Å². The number of fused-ring (bicyclic) bond motifs is 1. The SMILES string of the molecule is I.NC(=NC1COc2ccccc21)NC1CCCCCC1. The Labute approximate surface area is 143 Å². The molecule has 1 saturated carbocycles. The standard InChI is InChI=1S/C16H23N3O.HI/c17-16(18-12-7-3-1-2-4-8-12)19-14-11-20-15-10-6-5-9-13(14)15;/h5-6,9-10,12,14H,1-4,7-8,11H2,(H3,17,18,19);1H. The van der Waals surface area contributed by atoms with Gasteiger partial charge < -0.3 is 15.8 Å². The summed E-state index contributed by atoms with van der Waals surface area (Å²) in [6.07, 6.45) is 7.68. The Morgan fingerprint density at radius 1 is 1.14 bits per heavy atom. The van der Waals surface area contributed by atoms with Crippen molar-refractivity contribution in [2.45, 2.75) is 50.6 Å². The van der Waals surface area contributed by atoms with Gasteiger partial charge in [-0.05, 0) is 18.9 Å². The van der Waals surface area contributed by atoms with Gasteiger partial charge in [-0.25, -0.2) is 4.99 Å². The van der Waals surface area contributed by atoms with Crippen molar-refractivity contribution in [3.63, 3.8) is 0 Å². The minimum absolute atomic E-state index is 0. The van der Waals surface area contributed by atoms with Crippen LogP contribution in [0.4, 0.5) is 0 Å². The van der Waals surface area contributed by atoms with Crippen LogP contribution in [-0.4, -0.2) is 18.6 Å². The lowest BCUT2D eigenvalue weighted by Gasteiger charge is -2.17. The number of halogens is 1. The van der Waals surface area contributed by atoms with Crippen LogP contribution in [0.5, 0.6) is 5.75 Å². The first-order chi connectivity index (χ1) is 9.83. The molecular weight excluding hydrogens is 377 g/mol. The molecule has 0 aromatic heterocycles. The van der Waals surface area contributed by atoms with Gasteiger partial charge in [0, 0.05) is 11.6 Å². The van der Waals surface area contributed by atoms with Gasteiger partial charge >= 0.3 is 0 Å². The zero-order valence-corrected chi connectivity index (χ0v) is 14.6. The molecule has 21 heavy (non-hydrogen) atoms. The molecule has 1 aliphatic heterocycles. The largest absolute Gasteiger partial charge is 0.491 e. The van der Waals surface area contributed by atoms with Crippen LogP contribution in [0.3, 0.4) is 0 Å². The fraction of sp³-hybridized carbons (Fsp3) is 0.562. The molecule has 0 saturated heterocycles. The van der Waals surface area contributed by atoms with E-state index in [1.54, 1.807) is 0 Å². The average Bonchev–Trinajstić information content (AvgIpc) is 2.68. The number of ether oxygens (including phenoxy) is 1. The number of nitrogens with two attached hydrogens (primary N) is 1. The number of hydrogen-bond acceptors (Lipinski definition) is 2. The van der Waals surface area contributed by atoms with E-state index in [4.69, 9.17) is 10.5 Å². The van der Waals surface area contributed by atoms with Crippen molar-refractivity contribution in [3.05, 3.63) is 29.8 Å². The van der Waals surface area contributed by atoms with Crippen molar-refractivity contribution >= 4 is 29.9 Å². The highest BCUT2D eigenvalue weighted by molar-refractivity contribution is 14.0. The topological polar surface area (TPSA) is 59.6 Å². The number of rotatable bonds is 2.